The highest BCUT2D eigenvalue weighted by molar-refractivity contribution is 6.24. The van der Waals surface area contributed by atoms with E-state index in [-0.39, 0.29) is 23.6 Å². The van der Waals surface area contributed by atoms with Crippen molar-refractivity contribution in [1.29, 1.82) is 0 Å². The van der Waals surface area contributed by atoms with Crippen LogP contribution in [0, 0.1) is 0 Å². The SMILES string of the molecule is C[C@@]1(C(F)(F)F)Cc2cc(NC(=O)/C(=C/N)c3ncccn3)c(N3CCOCC3)cc2O1. The zero-order valence-electron chi connectivity index (χ0n) is 17.3. The number of ether oxygens (including phenoxy) is 2. The molecule has 1 atom stereocenters. The number of carbonyl (C=O) groups excluding carboxylic acids is 1. The molecule has 0 radical (unpaired) electrons. The number of benzene rings is 1. The average molecular weight is 449 g/mol. The Hall–Kier alpha value is -3.34. The molecule has 2 aliphatic heterocycles. The highest BCUT2D eigenvalue weighted by atomic mass is 19.4. The minimum absolute atomic E-state index is 0.0374. The van der Waals surface area contributed by atoms with Gasteiger partial charge in [-0.25, -0.2) is 9.97 Å². The minimum Gasteiger partial charge on any atom is -0.477 e. The first-order chi connectivity index (χ1) is 15.2. The van der Waals surface area contributed by atoms with E-state index in [0.717, 1.165) is 13.1 Å². The smallest absolute Gasteiger partial charge is 0.428 e. The Labute approximate surface area is 182 Å². The van der Waals surface area contributed by atoms with Crippen LogP contribution >= 0.6 is 0 Å². The predicted molar refractivity (Wildman–Crippen MR) is 111 cm³/mol. The van der Waals surface area contributed by atoms with Gasteiger partial charge in [0.15, 0.2) is 5.82 Å². The number of aromatic nitrogens is 2. The van der Waals surface area contributed by atoms with Crippen LogP contribution in [0.4, 0.5) is 24.5 Å². The van der Waals surface area contributed by atoms with Crippen molar-refractivity contribution in [2.24, 2.45) is 5.73 Å². The van der Waals surface area contributed by atoms with Gasteiger partial charge in [0.1, 0.15) is 5.75 Å². The molecule has 0 spiro atoms. The molecule has 2 aromatic rings. The van der Waals surface area contributed by atoms with Gasteiger partial charge in [-0.15, -0.1) is 0 Å². The van der Waals surface area contributed by atoms with Crippen LogP contribution in [-0.2, 0) is 16.0 Å². The number of carbonyl (C=O) groups is 1. The summed E-state index contributed by atoms with van der Waals surface area (Å²) in [7, 11) is 0. The largest absolute Gasteiger partial charge is 0.477 e. The zero-order chi connectivity index (χ0) is 22.9. The van der Waals surface area contributed by atoms with Crippen molar-refractivity contribution in [2.75, 3.05) is 36.5 Å². The van der Waals surface area contributed by atoms with Gasteiger partial charge < -0.3 is 25.4 Å². The molecule has 3 heterocycles. The Bertz CT molecular complexity index is 1040. The molecule has 1 amide bonds. The quantitative estimate of drug-likeness (QED) is 0.692. The van der Waals surface area contributed by atoms with Crippen LogP contribution in [0.1, 0.15) is 18.3 Å². The van der Waals surface area contributed by atoms with E-state index in [0.29, 0.717) is 43.2 Å². The number of amides is 1. The monoisotopic (exact) mass is 449 g/mol. The highest BCUT2D eigenvalue weighted by Crippen LogP contribution is 2.47. The summed E-state index contributed by atoms with van der Waals surface area (Å²) in [5.41, 5.74) is 4.58. The van der Waals surface area contributed by atoms with E-state index in [4.69, 9.17) is 15.2 Å². The molecule has 32 heavy (non-hydrogen) atoms. The van der Waals surface area contributed by atoms with Crippen molar-refractivity contribution in [3.05, 3.63) is 48.2 Å². The van der Waals surface area contributed by atoms with Crippen LogP contribution < -0.4 is 20.7 Å². The number of hydrogen-bond acceptors (Lipinski definition) is 7. The van der Waals surface area contributed by atoms with Crippen LogP contribution in [-0.4, -0.2) is 54.0 Å². The lowest BCUT2D eigenvalue weighted by molar-refractivity contribution is -0.235. The van der Waals surface area contributed by atoms with E-state index in [1.54, 1.807) is 6.07 Å². The summed E-state index contributed by atoms with van der Waals surface area (Å²) < 4.78 is 51.4. The van der Waals surface area contributed by atoms with Crippen LogP contribution in [0.3, 0.4) is 0 Å². The topological polar surface area (TPSA) is 103 Å². The highest BCUT2D eigenvalue weighted by Gasteiger charge is 2.57. The summed E-state index contributed by atoms with van der Waals surface area (Å²) in [4.78, 5) is 23.0. The van der Waals surface area contributed by atoms with Gasteiger partial charge in [-0.1, -0.05) is 0 Å². The van der Waals surface area contributed by atoms with Gasteiger partial charge in [-0.2, -0.15) is 13.2 Å². The van der Waals surface area contributed by atoms with E-state index in [1.807, 2.05) is 4.90 Å². The fourth-order valence-electron chi connectivity index (χ4n) is 3.69. The number of nitrogens with two attached hydrogens (primary N) is 1. The number of anilines is 2. The number of nitrogens with one attached hydrogen (secondary N) is 1. The summed E-state index contributed by atoms with van der Waals surface area (Å²) in [5.74, 6) is -0.300. The number of hydrogen-bond donors (Lipinski definition) is 2. The van der Waals surface area contributed by atoms with Crippen molar-refractivity contribution < 1.29 is 27.4 Å². The van der Waals surface area contributed by atoms with Crippen molar-refractivity contribution in [2.45, 2.75) is 25.1 Å². The number of fused-ring (bicyclic) bond motifs is 1. The van der Waals surface area contributed by atoms with E-state index < -0.39 is 17.7 Å². The third-order valence-electron chi connectivity index (χ3n) is 5.46. The fraction of sp³-hybridized carbons (Fsp3) is 0.381. The summed E-state index contributed by atoms with van der Waals surface area (Å²) >= 11 is 0. The van der Waals surface area contributed by atoms with Crippen molar-refractivity contribution >= 4 is 22.9 Å². The molecule has 2 aliphatic rings. The van der Waals surface area contributed by atoms with Gasteiger partial charge >= 0.3 is 6.18 Å². The van der Waals surface area contributed by atoms with Gasteiger partial charge in [0.25, 0.3) is 5.91 Å². The van der Waals surface area contributed by atoms with Crippen LogP contribution in [0.25, 0.3) is 5.57 Å². The molecule has 11 heteroatoms. The molecule has 1 fully saturated rings. The molecule has 0 bridgehead atoms. The summed E-state index contributed by atoms with van der Waals surface area (Å²) in [6.45, 7) is 2.95. The van der Waals surface area contributed by atoms with E-state index in [1.165, 1.54) is 24.5 Å². The molecular formula is C21H22F3N5O3. The third kappa shape index (κ3) is 4.07. The Balaban J connectivity index is 1.69. The number of rotatable bonds is 4. The third-order valence-corrected chi connectivity index (χ3v) is 5.46. The van der Waals surface area contributed by atoms with Crippen LogP contribution in [0.15, 0.2) is 36.8 Å². The number of halogens is 3. The molecule has 1 aromatic carbocycles. The maximum atomic E-state index is 13.6. The summed E-state index contributed by atoms with van der Waals surface area (Å²) in [6.07, 6.45) is -0.865. The Kier molecular flexibility index (Phi) is 5.68. The van der Waals surface area contributed by atoms with Crippen LogP contribution in [0.5, 0.6) is 5.75 Å². The Morgan fingerprint density at radius 3 is 2.56 bits per heavy atom. The zero-order valence-corrected chi connectivity index (χ0v) is 17.3. The number of morpholine rings is 1. The lowest BCUT2D eigenvalue weighted by Crippen LogP contribution is -2.46. The second kappa shape index (κ2) is 8.30. The molecule has 1 aromatic heterocycles. The van der Waals surface area contributed by atoms with Gasteiger partial charge in [0.05, 0.1) is 30.2 Å². The second-order valence-electron chi connectivity index (χ2n) is 7.69. The first-order valence-electron chi connectivity index (χ1n) is 9.98. The molecule has 1 saturated heterocycles. The molecule has 0 aliphatic carbocycles. The lowest BCUT2D eigenvalue weighted by atomic mass is 9.98. The maximum Gasteiger partial charge on any atom is 0.428 e. The number of alkyl halides is 3. The first-order valence-corrected chi connectivity index (χ1v) is 9.98. The molecule has 170 valence electrons. The molecule has 0 unspecified atom stereocenters. The van der Waals surface area contributed by atoms with Crippen molar-refractivity contribution in [3.63, 3.8) is 0 Å². The molecule has 4 rings (SSSR count). The van der Waals surface area contributed by atoms with E-state index in [9.17, 15) is 18.0 Å². The predicted octanol–water partition coefficient (Wildman–Crippen LogP) is 2.51. The molecular weight excluding hydrogens is 427 g/mol. The Morgan fingerprint density at radius 1 is 1.25 bits per heavy atom. The summed E-state index contributed by atoms with van der Waals surface area (Å²) in [5, 5.41) is 2.77. The van der Waals surface area contributed by atoms with Crippen molar-refractivity contribution in [3.8, 4) is 5.75 Å². The second-order valence-corrected chi connectivity index (χ2v) is 7.69. The molecule has 8 nitrogen and oxygen atoms in total. The Morgan fingerprint density at radius 2 is 1.94 bits per heavy atom. The minimum atomic E-state index is -4.55. The van der Waals surface area contributed by atoms with Gasteiger partial charge in [0.2, 0.25) is 5.60 Å². The van der Waals surface area contributed by atoms with Gasteiger partial charge in [0, 0.05) is 49.7 Å². The molecule has 0 saturated carbocycles. The normalized spacial score (nSPS) is 21.1. The first kappa shape index (κ1) is 21.9. The standard InChI is InChI=1S/C21H22F3N5O3/c1-20(21(22,23)24)11-13-9-15(16(10-17(13)32-20)29-5-7-31-8-6-29)28-19(30)14(12-25)18-26-3-2-4-27-18/h2-4,9-10,12H,5-8,11,25H2,1H3,(H,28,30)/b14-12+/t20-/m0/s1. The summed E-state index contributed by atoms with van der Waals surface area (Å²) in [6, 6.07) is 4.66. The van der Waals surface area contributed by atoms with Gasteiger partial charge in [-0.05, 0) is 19.1 Å². The average Bonchev–Trinajstić information content (AvgIpc) is 3.11. The van der Waals surface area contributed by atoms with E-state index >= 15 is 0 Å². The van der Waals surface area contributed by atoms with Crippen molar-refractivity contribution in [1.82, 2.24) is 9.97 Å². The van der Waals surface area contributed by atoms with Crippen LogP contribution in [0.2, 0.25) is 0 Å². The maximum absolute atomic E-state index is 13.6. The number of nitrogens with zero attached hydrogens (tertiary/aromatic N) is 3. The van der Waals surface area contributed by atoms with Gasteiger partial charge in [-0.3, -0.25) is 4.79 Å². The molecule has 3 N–H and O–H groups in total. The fourth-order valence-corrected chi connectivity index (χ4v) is 3.69. The van der Waals surface area contributed by atoms with E-state index in [2.05, 4.69) is 15.3 Å². The lowest BCUT2D eigenvalue weighted by Gasteiger charge is -2.31.